The van der Waals surface area contributed by atoms with Crippen LogP contribution in [0.5, 0.6) is 0 Å². The Kier molecular flexibility index (Phi) is 5.90. The smallest absolute Gasteiger partial charge is 0.135 e. The Morgan fingerprint density at radius 3 is 1.33 bits per heavy atom. The lowest BCUT2D eigenvalue weighted by Gasteiger charge is -2.23. The molecule has 0 radical (unpaired) electrons. The van der Waals surface area contributed by atoms with Gasteiger partial charge in [-0.15, -0.1) is 0 Å². The molecule has 11 aromatic rings. The maximum absolute atomic E-state index is 6.23. The molecule has 10 aromatic carbocycles. The zero-order valence-electron chi connectivity index (χ0n) is 30.1. The number of benzene rings is 10. The molecule has 1 aromatic heterocycles. The summed E-state index contributed by atoms with van der Waals surface area (Å²) in [6, 6.07) is 63.0. The fourth-order valence-electron chi connectivity index (χ4n) is 9.94. The summed E-state index contributed by atoms with van der Waals surface area (Å²) in [5.74, 6) is 0. The largest absolute Gasteiger partial charge is 0.456 e. The quantitative estimate of drug-likeness (QED) is 0.130. The van der Waals surface area contributed by atoms with Gasteiger partial charge in [-0.3, -0.25) is 0 Å². The highest BCUT2D eigenvalue weighted by Gasteiger charge is 2.36. The highest BCUT2D eigenvalue weighted by atomic mass is 16.3. The average Bonchev–Trinajstić information content (AvgIpc) is 3.70. The first-order chi connectivity index (χ1) is 26.5. The van der Waals surface area contributed by atoms with Gasteiger partial charge in [0.1, 0.15) is 11.2 Å². The molecular formula is C53H34O. The van der Waals surface area contributed by atoms with Gasteiger partial charge in [0.25, 0.3) is 0 Å². The van der Waals surface area contributed by atoms with Crippen LogP contribution in [0.2, 0.25) is 0 Å². The Bertz CT molecular complexity index is 3350. The summed E-state index contributed by atoms with van der Waals surface area (Å²) in [6.45, 7) is 4.79. The molecule has 0 spiro atoms. The summed E-state index contributed by atoms with van der Waals surface area (Å²) in [5, 5.41) is 15.2. The fraction of sp³-hybridized carbons (Fsp3) is 0.0566. The zero-order valence-corrected chi connectivity index (χ0v) is 30.1. The van der Waals surface area contributed by atoms with Gasteiger partial charge in [0.05, 0.1) is 0 Å². The molecule has 0 saturated heterocycles. The lowest BCUT2D eigenvalue weighted by molar-refractivity contribution is 0.661. The molecule has 0 atom stereocenters. The van der Waals surface area contributed by atoms with Gasteiger partial charge >= 0.3 is 0 Å². The second-order valence-corrected chi connectivity index (χ2v) is 15.6. The van der Waals surface area contributed by atoms with Gasteiger partial charge < -0.3 is 4.42 Å². The monoisotopic (exact) mass is 686 g/mol. The molecule has 0 amide bonds. The van der Waals surface area contributed by atoms with Crippen LogP contribution in [0, 0.1) is 0 Å². The van der Waals surface area contributed by atoms with E-state index in [1.54, 1.807) is 0 Å². The normalized spacial score (nSPS) is 13.5. The van der Waals surface area contributed by atoms with Crippen LogP contribution in [-0.2, 0) is 5.41 Å². The Labute approximate surface area is 312 Å². The summed E-state index contributed by atoms with van der Waals surface area (Å²) < 4.78 is 6.23. The van der Waals surface area contributed by atoms with Crippen LogP contribution in [0.4, 0.5) is 0 Å². The van der Waals surface area contributed by atoms with Crippen LogP contribution in [0.3, 0.4) is 0 Å². The standard InChI is InChI=1S/C53H34O/c1-53(2)47-25-23-31(27-44(47)45-29-42-35-15-5-3-13-33(35)34-14-4-6-16-36(34)43(42)30-48(45)53)51-38-18-7-9-20-40(38)52(41-21-10-8-19-39(41)51)32-24-26-50-46(28-32)37-17-11-12-22-49(37)54-50/h3-30H,1-2H3. The molecule has 0 unspecified atom stereocenters. The van der Waals surface area contributed by atoms with Crippen molar-refractivity contribution in [3.8, 4) is 33.4 Å². The fourth-order valence-corrected chi connectivity index (χ4v) is 9.94. The maximum atomic E-state index is 6.23. The van der Waals surface area contributed by atoms with E-state index in [4.69, 9.17) is 4.42 Å². The molecule has 1 aliphatic carbocycles. The van der Waals surface area contributed by atoms with Gasteiger partial charge in [0.2, 0.25) is 0 Å². The summed E-state index contributed by atoms with van der Waals surface area (Å²) in [6.07, 6.45) is 0. The summed E-state index contributed by atoms with van der Waals surface area (Å²) in [7, 11) is 0. The van der Waals surface area contributed by atoms with Crippen molar-refractivity contribution in [2.24, 2.45) is 0 Å². The van der Waals surface area contributed by atoms with Crippen LogP contribution in [0.15, 0.2) is 174 Å². The van der Waals surface area contributed by atoms with Gasteiger partial charge in [-0.2, -0.15) is 0 Å². The molecule has 0 bridgehead atoms. The lowest BCUT2D eigenvalue weighted by Crippen LogP contribution is -2.14. The first kappa shape index (κ1) is 29.8. The number of hydrogen-bond donors (Lipinski definition) is 0. The van der Waals surface area contributed by atoms with E-state index in [0.29, 0.717) is 0 Å². The molecule has 0 saturated carbocycles. The Morgan fingerprint density at radius 2 is 0.741 bits per heavy atom. The highest BCUT2D eigenvalue weighted by Crippen LogP contribution is 2.53. The third-order valence-electron chi connectivity index (χ3n) is 12.4. The molecule has 0 N–H and O–H groups in total. The summed E-state index contributed by atoms with van der Waals surface area (Å²) >= 11 is 0. The van der Waals surface area contributed by atoms with Gasteiger partial charge in [0, 0.05) is 16.2 Å². The van der Waals surface area contributed by atoms with Crippen molar-refractivity contribution in [2.45, 2.75) is 19.3 Å². The minimum atomic E-state index is -0.131. The molecule has 0 aliphatic heterocycles. The van der Waals surface area contributed by atoms with Gasteiger partial charge in [-0.25, -0.2) is 0 Å². The second-order valence-electron chi connectivity index (χ2n) is 15.6. The number of hydrogen-bond acceptors (Lipinski definition) is 1. The second kappa shape index (κ2) is 10.7. The van der Waals surface area contributed by atoms with Crippen molar-refractivity contribution in [1.29, 1.82) is 0 Å². The van der Waals surface area contributed by atoms with Crippen LogP contribution < -0.4 is 0 Å². The van der Waals surface area contributed by atoms with Crippen LogP contribution in [0.1, 0.15) is 25.0 Å². The summed E-state index contributed by atoms with van der Waals surface area (Å²) in [5.41, 5.74) is 12.2. The first-order valence-corrected chi connectivity index (χ1v) is 18.9. The van der Waals surface area contributed by atoms with Gasteiger partial charge in [0.15, 0.2) is 0 Å². The molecule has 12 rings (SSSR count). The molecule has 252 valence electrons. The predicted molar refractivity (Wildman–Crippen MR) is 230 cm³/mol. The number of furan rings is 1. The number of fused-ring (bicyclic) bond motifs is 14. The summed E-state index contributed by atoms with van der Waals surface area (Å²) in [4.78, 5) is 0. The third-order valence-corrected chi connectivity index (χ3v) is 12.4. The third kappa shape index (κ3) is 3.94. The van der Waals surface area contributed by atoms with Crippen molar-refractivity contribution in [2.75, 3.05) is 0 Å². The molecule has 1 nitrogen and oxygen atoms in total. The highest BCUT2D eigenvalue weighted by molar-refractivity contribution is 6.27. The first-order valence-electron chi connectivity index (χ1n) is 18.9. The van der Waals surface area contributed by atoms with E-state index in [1.165, 1.54) is 98.4 Å². The Hall–Kier alpha value is -6.70. The Morgan fingerprint density at radius 1 is 0.315 bits per heavy atom. The van der Waals surface area contributed by atoms with Crippen molar-refractivity contribution in [3.63, 3.8) is 0 Å². The zero-order chi connectivity index (χ0) is 35.7. The van der Waals surface area contributed by atoms with Gasteiger partial charge in [-0.1, -0.05) is 147 Å². The van der Waals surface area contributed by atoms with E-state index in [2.05, 4.69) is 178 Å². The molecular weight excluding hydrogens is 653 g/mol. The Balaban J connectivity index is 1.12. The molecule has 1 heteroatoms. The molecule has 0 fully saturated rings. The topological polar surface area (TPSA) is 13.1 Å². The van der Waals surface area contributed by atoms with E-state index in [0.717, 1.165) is 21.9 Å². The average molecular weight is 687 g/mol. The number of rotatable bonds is 2. The SMILES string of the molecule is CC1(C)c2ccc(-c3c4ccccc4c(-c4ccc5oc6ccccc6c5c4)c4ccccc34)cc2-c2cc3c4ccccc4c4ccccc4c3cc21. The molecule has 54 heavy (non-hydrogen) atoms. The van der Waals surface area contributed by atoms with Gasteiger partial charge in [-0.05, 0) is 135 Å². The van der Waals surface area contributed by atoms with E-state index in [1.807, 2.05) is 6.07 Å². The van der Waals surface area contributed by atoms with Crippen LogP contribution >= 0.6 is 0 Å². The van der Waals surface area contributed by atoms with Crippen LogP contribution in [-0.4, -0.2) is 0 Å². The minimum Gasteiger partial charge on any atom is -0.456 e. The minimum absolute atomic E-state index is 0.131. The van der Waals surface area contributed by atoms with Crippen molar-refractivity contribution in [1.82, 2.24) is 0 Å². The maximum Gasteiger partial charge on any atom is 0.135 e. The van der Waals surface area contributed by atoms with E-state index >= 15 is 0 Å². The molecule has 1 aliphatic rings. The van der Waals surface area contributed by atoms with E-state index in [9.17, 15) is 0 Å². The predicted octanol–water partition coefficient (Wildman–Crippen LogP) is 15.0. The van der Waals surface area contributed by atoms with Crippen molar-refractivity contribution < 1.29 is 4.42 Å². The van der Waals surface area contributed by atoms with E-state index < -0.39 is 0 Å². The number of para-hydroxylation sites is 1. The molecule has 1 heterocycles. The lowest BCUT2D eigenvalue weighted by atomic mass is 9.80. The van der Waals surface area contributed by atoms with E-state index in [-0.39, 0.29) is 5.41 Å². The van der Waals surface area contributed by atoms with Crippen molar-refractivity contribution in [3.05, 3.63) is 181 Å². The van der Waals surface area contributed by atoms with Crippen LogP contribution in [0.25, 0.3) is 109 Å². The van der Waals surface area contributed by atoms with Crippen molar-refractivity contribution >= 4 is 75.8 Å².